The number of ketones is 1. The summed E-state index contributed by atoms with van der Waals surface area (Å²) in [4.78, 5) is 64.0. The third-order valence-corrected chi connectivity index (χ3v) is 6.72. The van der Waals surface area contributed by atoms with Gasteiger partial charge in [0, 0.05) is 23.3 Å². The molecule has 2 aliphatic rings. The van der Waals surface area contributed by atoms with Gasteiger partial charge in [0.25, 0.3) is 23.4 Å². The van der Waals surface area contributed by atoms with Crippen molar-refractivity contribution in [2.24, 2.45) is 17.8 Å². The minimum Gasteiger partial charge on any atom is -0.292 e. The number of hydrogen-bond donors (Lipinski definition) is 0. The van der Waals surface area contributed by atoms with Gasteiger partial charge in [-0.2, -0.15) is 5.01 Å². The van der Waals surface area contributed by atoms with E-state index in [2.05, 4.69) is 0 Å². The van der Waals surface area contributed by atoms with Crippen molar-refractivity contribution in [2.75, 3.05) is 0 Å². The van der Waals surface area contributed by atoms with Crippen LogP contribution in [0.4, 0.5) is 5.69 Å². The maximum Gasteiger partial charge on any atom is 0.273 e. The Morgan fingerprint density at radius 1 is 0.971 bits per heavy atom. The lowest BCUT2D eigenvalue weighted by Crippen LogP contribution is -2.56. The van der Waals surface area contributed by atoms with Crippen molar-refractivity contribution in [1.82, 2.24) is 10.0 Å². The predicted octanol–water partition coefficient (Wildman–Crippen LogP) is 3.64. The van der Waals surface area contributed by atoms with Crippen LogP contribution in [0.2, 0.25) is 0 Å². The Morgan fingerprint density at radius 3 is 2.21 bits per heavy atom. The fourth-order valence-electron chi connectivity index (χ4n) is 4.84. The third-order valence-electron chi connectivity index (χ3n) is 6.72. The quantitative estimate of drug-likeness (QED) is 0.279. The second-order valence-electron chi connectivity index (χ2n) is 8.98. The van der Waals surface area contributed by atoms with Gasteiger partial charge in [-0.15, -0.1) is 0 Å². The summed E-state index contributed by atoms with van der Waals surface area (Å²) in [6.45, 7) is 3.50. The number of nitrogens with zero attached hydrogens (tertiary/aromatic N) is 3. The zero-order valence-electron chi connectivity index (χ0n) is 18.9. The van der Waals surface area contributed by atoms with Crippen molar-refractivity contribution in [1.29, 1.82) is 0 Å². The van der Waals surface area contributed by atoms with Gasteiger partial charge in [-0.05, 0) is 44.2 Å². The minimum absolute atomic E-state index is 0.0298. The largest absolute Gasteiger partial charge is 0.292 e. The first-order valence-corrected chi connectivity index (χ1v) is 11.3. The molecule has 2 fully saturated rings. The van der Waals surface area contributed by atoms with Gasteiger partial charge in [0.05, 0.1) is 16.8 Å². The number of imide groups is 1. The first kappa shape index (κ1) is 23.3. The van der Waals surface area contributed by atoms with Crippen LogP contribution in [-0.2, 0) is 9.59 Å². The van der Waals surface area contributed by atoms with Crippen LogP contribution in [0.15, 0.2) is 54.6 Å². The summed E-state index contributed by atoms with van der Waals surface area (Å²) in [5, 5.41) is 12.8. The maximum atomic E-state index is 13.6. The van der Waals surface area contributed by atoms with Gasteiger partial charge in [-0.25, -0.2) is 5.01 Å². The first-order valence-electron chi connectivity index (χ1n) is 11.3. The number of nitro groups is 1. The molecule has 4 rings (SSSR count). The van der Waals surface area contributed by atoms with Crippen molar-refractivity contribution in [3.63, 3.8) is 0 Å². The van der Waals surface area contributed by atoms with E-state index < -0.39 is 46.3 Å². The molecule has 1 heterocycles. The Kier molecular flexibility index (Phi) is 6.28. The van der Waals surface area contributed by atoms with Crippen LogP contribution in [0, 0.1) is 27.9 Å². The highest BCUT2D eigenvalue weighted by atomic mass is 16.6. The number of Topliss-reactive ketones (excluding diaryl/α,β-unsaturated/α-hetero) is 1. The van der Waals surface area contributed by atoms with Gasteiger partial charge in [-0.3, -0.25) is 29.3 Å². The summed E-state index contributed by atoms with van der Waals surface area (Å²) in [7, 11) is 0. The summed E-state index contributed by atoms with van der Waals surface area (Å²) in [6.07, 6.45) is 1.91. The number of fused-ring (bicyclic) bond motifs is 1. The summed E-state index contributed by atoms with van der Waals surface area (Å²) < 4.78 is 0. The van der Waals surface area contributed by atoms with E-state index in [-0.39, 0.29) is 17.2 Å². The van der Waals surface area contributed by atoms with E-state index in [1.165, 1.54) is 31.2 Å². The molecule has 0 bridgehead atoms. The summed E-state index contributed by atoms with van der Waals surface area (Å²) >= 11 is 0. The summed E-state index contributed by atoms with van der Waals surface area (Å²) in [5.41, 5.74) is 0.161. The molecule has 0 N–H and O–H groups in total. The van der Waals surface area contributed by atoms with E-state index in [1.54, 1.807) is 30.3 Å². The number of hydrazine groups is 1. The summed E-state index contributed by atoms with van der Waals surface area (Å²) in [5.74, 6) is -2.91. The first-order chi connectivity index (χ1) is 16.2. The lowest BCUT2D eigenvalue weighted by molar-refractivity contribution is -0.384. The Balaban J connectivity index is 1.74. The molecule has 176 valence electrons. The molecule has 0 radical (unpaired) electrons. The average molecular weight is 463 g/mol. The van der Waals surface area contributed by atoms with Crippen molar-refractivity contribution in [3.8, 4) is 0 Å². The molecule has 2 aromatic carbocycles. The highest BCUT2D eigenvalue weighted by molar-refractivity contribution is 6.10. The number of carbonyl (C=O) groups excluding carboxylic acids is 4. The predicted molar refractivity (Wildman–Crippen MR) is 121 cm³/mol. The maximum absolute atomic E-state index is 13.6. The van der Waals surface area contributed by atoms with Gasteiger partial charge in [0.1, 0.15) is 6.04 Å². The lowest BCUT2D eigenvalue weighted by Gasteiger charge is -2.34. The fraction of sp³-hybridized carbons (Fsp3) is 0.360. The second-order valence-corrected chi connectivity index (χ2v) is 8.98. The van der Waals surface area contributed by atoms with Crippen LogP contribution >= 0.6 is 0 Å². The number of benzene rings is 2. The molecule has 1 aliphatic heterocycles. The zero-order chi connectivity index (χ0) is 24.6. The van der Waals surface area contributed by atoms with Crippen molar-refractivity contribution in [2.45, 2.75) is 39.2 Å². The normalized spacial score (nSPS) is 22.8. The third kappa shape index (κ3) is 4.09. The topological polar surface area (TPSA) is 118 Å². The fourth-order valence-corrected chi connectivity index (χ4v) is 4.84. The lowest BCUT2D eigenvalue weighted by atomic mass is 9.76. The molecule has 9 nitrogen and oxygen atoms in total. The number of amides is 3. The van der Waals surface area contributed by atoms with Gasteiger partial charge in [0.15, 0.2) is 5.78 Å². The van der Waals surface area contributed by atoms with E-state index in [0.29, 0.717) is 18.4 Å². The molecule has 0 spiro atoms. The molecular weight excluding hydrogens is 438 g/mol. The Hall–Kier alpha value is -3.88. The molecule has 9 heteroatoms. The Morgan fingerprint density at radius 2 is 1.59 bits per heavy atom. The van der Waals surface area contributed by atoms with E-state index in [1.807, 2.05) is 6.92 Å². The summed E-state index contributed by atoms with van der Waals surface area (Å²) in [6, 6.07) is 12.0. The number of carbonyl (C=O) groups is 4. The van der Waals surface area contributed by atoms with Gasteiger partial charge in [0.2, 0.25) is 0 Å². The SMILES string of the molecule is C[C@@H]1CC[C@@H]2C(=O)N(N(C(=O)c3ccc([N+](=O)[O-])cc3)[C@H](C)C(=O)c3ccccc3)C(=O)[C@H]2C1. The molecule has 1 saturated carbocycles. The smallest absolute Gasteiger partial charge is 0.273 e. The second kappa shape index (κ2) is 9.17. The monoisotopic (exact) mass is 463 g/mol. The molecule has 2 aromatic rings. The average Bonchev–Trinajstić information content (AvgIpc) is 3.08. The molecule has 0 unspecified atom stereocenters. The molecular formula is C25H25N3O6. The van der Waals surface area contributed by atoms with Gasteiger partial charge in [-0.1, -0.05) is 37.3 Å². The molecule has 1 aliphatic carbocycles. The van der Waals surface area contributed by atoms with Crippen molar-refractivity contribution >= 4 is 29.2 Å². The van der Waals surface area contributed by atoms with Crippen molar-refractivity contribution < 1.29 is 24.1 Å². The molecule has 34 heavy (non-hydrogen) atoms. The Bertz CT molecular complexity index is 1150. The highest BCUT2D eigenvalue weighted by Gasteiger charge is 2.54. The van der Waals surface area contributed by atoms with Crippen LogP contribution in [-0.4, -0.2) is 44.5 Å². The number of nitro benzene ring substituents is 1. The van der Waals surface area contributed by atoms with Crippen LogP contribution in [0.1, 0.15) is 53.8 Å². The van der Waals surface area contributed by atoms with E-state index in [0.717, 1.165) is 16.4 Å². The van der Waals surface area contributed by atoms with Crippen LogP contribution in [0.3, 0.4) is 0 Å². The Labute approximate surface area is 196 Å². The van der Waals surface area contributed by atoms with E-state index >= 15 is 0 Å². The number of hydrogen-bond acceptors (Lipinski definition) is 6. The zero-order valence-corrected chi connectivity index (χ0v) is 18.9. The van der Waals surface area contributed by atoms with Crippen molar-refractivity contribution in [3.05, 3.63) is 75.8 Å². The van der Waals surface area contributed by atoms with E-state index in [9.17, 15) is 29.3 Å². The van der Waals surface area contributed by atoms with Gasteiger partial charge >= 0.3 is 0 Å². The minimum atomic E-state index is -1.16. The number of rotatable bonds is 6. The molecule has 1 saturated heterocycles. The molecule has 4 atom stereocenters. The number of non-ortho nitro benzene ring substituents is 1. The van der Waals surface area contributed by atoms with Crippen LogP contribution in [0.25, 0.3) is 0 Å². The highest BCUT2D eigenvalue weighted by Crippen LogP contribution is 2.41. The molecule has 3 amide bonds. The van der Waals surface area contributed by atoms with Crippen LogP contribution < -0.4 is 0 Å². The standard InChI is InChI=1S/C25H25N3O6/c1-15-8-13-20-21(14-15)25(32)27(24(20)31)26(16(2)22(29)17-6-4-3-5-7-17)23(30)18-9-11-19(12-10-18)28(33)34/h3-7,9-12,15-16,20-21H,8,13-14H2,1-2H3/t15-,16-,20+,21+/m1/s1. The molecule has 0 aromatic heterocycles. The van der Waals surface area contributed by atoms with E-state index in [4.69, 9.17) is 0 Å². The van der Waals surface area contributed by atoms with Gasteiger partial charge < -0.3 is 0 Å². The van der Waals surface area contributed by atoms with Crippen LogP contribution in [0.5, 0.6) is 0 Å².